The van der Waals surface area contributed by atoms with Crippen LogP contribution in [-0.2, 0) is 19.9 Å². The highest BCUT2D eigenvalue weighted by Crippen LogP contribution is 2.21. The zero-order valence-corrected chi connectivity index (χ0v) is 19.0. The highest BCUT2D eigenvalue weighted by Gasteiger charge is 2.20. The van der Waals surface area contributed by atoms with E-state index in [9.17, 15) is 16.8 Å². The summed E-state index contributed by atoms with van der Waals surface area (Å²) in [5.41, 5.74) is 6.42. The number of aromatic nitrogens is 1. The van der Waals surface area contributed by atoms with Crippen LogP contribution in [0, 0.1) is 11.2 Å². The number of hydrogen-bond acceptors (Lipinski definition) is 8. The highest BCUT2D eigenvalue weighted by atomic mass is 32.2. The van der Waals surface area contributed by atoms with Gasteiger partial charge in [0.25, 0.3) is 0 Å². The monoisotopic (exact) mass is 463 g/mol. The topological polar surface area (TPSA) is 117 Å². The van der Waals surface area contributed by atoms with E-state index in [-0.39, 0.29) is 15.6 Å². The van der Waals surface area contributed by atoms with Crippen molar-refractivity contribution in [2.24, 2.45) is 0 Å². The standard InChI is InChI=1S/C20H25N5O4S2/c1-23(2)31(28,29)18-6-4-17(5-7-18)25-13-11-24(12-14-25)10-3-15-30(26,27)19-8-9-20(21)22-16-19/h4-9,16H,10-14H2,1-2H3,(H2,21,22). The largest absolute Gasteiger partial charge is 0.384 e. The summed E-state index contributed by atoms with van der Waals surface area (Å²) in [5.74, 6) is 2.99. The van der Waals surface area contributed by atoms with Gasteiger partial charge in [-0.3, -0.25) is 4.90 Å². The number of nitrogen functional groups attached to an aromatic ring is 1. The molecule has 1 fully saturated rings. The van der Waals surface area contributed by atoms with E-state index >= 15 is 0 Å². The van der Waals surface area contributed by atoms with Gasteiger partial charge in [0.2, 0.25) is 19.9 Å². The lowest BCUT2D eigenvalue weighted by Gasteiger charge is -2.35. The molecule has 166 valence electrons. The Bertz CT molecular complexity index is 1170. The van der Waals surface area contributed by atoms with Gasteiger partial charge in [0, 0.05) is 57.4 Å². The molecule has 31 heavy (non-hydrogen) atoms. The first-order chi connectivity index (χ1) is 14.6. The van der Waals surface area contributed by atoms with Crippen molar-refractivity contribution in [3.05, 3.63) is 42.6 Å². The zero-order valence-electron chi connectivity index (χ0n) is 17.4. The second-order valence-corrected chi connectivity index (χ2v) is 11.1. The summed E-state index contributed by atoms with van der Waals surface area (Å²) < 4.78 is 50.0. The summed E-state index contributed by atoms with van der Waals surface area (Å²) in [5, 5.41) is 2.34. The molecule has 11 heteroatoms. The maximum Gasteiger partial charge on any atom is 0.246 e. The average molecular weight is 464 g/mol. The Hall–Kier alpha value is -2.65. The Morgan fingerprint density at radius 1 is 0.968 bits per heavy atom. The van der Waals surface area contributed by atoms with Crippen molar-refractivity contribution in [1.82, 2.24) is 14.2 Å². The van der Waals surface area contributed by atoms with Crippen molar-refractivity contribution >= 4 is 31.4 Å². The molecule has 1 aromatic carbocycles. The van der Waals surface area contributed by atoms with Crippen LogP contribution in [0.3, 0.4) is 0 Å². The molecule has 1 saturated heterocycles. The first kappa shape index (κ1) is 23.0. The minimum atomic E-state index is -3.72. The molecule has 2 N–H and O–H groups in total. The van der Waals surface area contributed by atoms with Gasteiger partial charge in [0.1, 0.15) is 5.82 Å². The van der Waals surface area contributed by atoms with Crippen molar-refractivity contribution in [1.29, 1.82) is 0 Å². The van der Waals surface area contributed by atoms with Crippen LogP contribution in [0.5, 0.6) is 0 Å². The predicted octanol–water partition coefficient (Wildman–Crippen LogP) is 0.471. The average Bonchev–Trinajstić information content (AvgIpc) is 2.74. The van der Waals surface area contributed by atoms with Crippen molar-refractivity contribution in [3.63, 3.8) is 0 Å². The Morgan fingerprint density at radius 2 is 1.58 bits per heavy atom. The van der Waals surface area contributed by atoms with Gasteiger partial charge in [0.15, 0.2) is 0 Å². The first-order valence-electron chi connectivity index (χ1n) is 9.56. The lowest BCUT2D eigenvalue weighted by Crippen LogP contribution is -2.46. The van der Waals surface area contributed by atoms with Gasteiger partial charge in [-0.2, -0.15) is 0 Å². The molecular formula is C20H25N5O4S2. The summed E-state index contributed by atoms with van der Waals surface area (Å²) in [6.45, 7) is 3.24. The van der Waals surface area contributed by atoms with Crippen molar-refractivity contribution < 1.29 is 16.8 Å². The van der Waals surface area contributed by atoms with Crippen LogP contribution in [0.2, 0.25) is 0 Å². The number of anilines is 2. The van der Waals surface area contributed by atoms with E-state index in [1.807, 2.05) is 0 Å². The second kappa shape index (κ2) is 9.23. The van der Waals surface area contributed by atoms with Crippen LogP contribution in [0.4, 0.5) is 11.5 Å². The Morgan fingerprint density at radius 3 is 2.13 bits per heavy atom. The van der Waals surface area contributed by atoms with E-state index < -0.39 is 19.9 Å². The molecule has 1 aromatic heterocycles. The lowest BCUT2D eigenvalue weighted by molar-refractivity contribution is 0.288. The maximum absolute atomic E-state index is 12.2. The molecule has 0 atom stereocenters. The van der Waals surface area contributed by atoms with Gasteiger partial charge in [-0.1, -0.05) is 5.92 Å². The molecule has 1 aliphatic rings. The molecule has 0 aliphatic carbocycles. The number of nitrogens with two attached hydrogens (primary N) is 1. The van der Waals surface area contributed by atoms with Crippen LogP contribution < -0.4 is 10.6 Å². The number of nitrogens with zero attached hydrogens (tertiary/aromatic N) is 4. The fraction of sp³-hybridized carbons (Fsp3) is 0.350. The van der Waals surface area contributed by atoms with E-state index in [0.29, 0.717) is 6.54 Å². The van der Waals surface area contributed by atoms with Crippen LogP contribution >= 0.6 is 0 Å². The molecule has 0 bridgehead atoms. The number of sulfone groups is 1. The highest BCUT2D eigenvalue weighted by molar-refractivity contribution is 7.96. The van der Waals surface area contributed by atoms with E-state index in [4.69, 9.17) is 5.73 Å². The van der Waals surface area contributed by atoms with Crippen molar-refractivity contribution in [2.75, 3.05) is 57.5 Å². The molecular weight excluding hydrogens is 438 g/mol. The maximum atomic E-state index is 12.2. The first-order valence-corrected chi connectivity index (χ1v) is 12.5. The van der Waals surface area contributed by atoms with Crippen molar-refractivity contribution in [3.8, 4) is 11.2 Å². The molecule has 9 nitrogen and oxygen atoms in total. The van der Waals surface area contributed by atoms with Gasteiger partial charge >= 0.3 is 0 Å². The Kier molecular flexibility index (Phi) is 6.86. The second-order valence-electron chi connectivity index (χ2n) is 7.25. The smallest absolute Gasteiger partial charge is 0.246 e. The van der Waals surface area contributed by atoms with E-state index in [2.05, 4.69) is 26.0 Å². The number of rotatable bonds is 5. The minimum absolute atomic E-state index is 0.0266. The summed E-state index contributed by atoms with van der Waals surface area (Å²) in [6.07, 6.45) is 1.20. The number of benzene rings is 1. The molecule has 0 spiro atoms. The molecule has 0 radical (unpaired) electrons. The van der Waals surface area contributed by atoms with Gasteiger partial charge in [-0.25, -0.2) is 26.1 Å². The number of pyridine rings is 1. The van der Waals surface area contributed by atoms with Crippen molar-refractivity contribution in [2.45, 2.75) is 9.79 Å². The molecule has 2 aromatic rings. The summed E-state index contributed by atoms with van der Waals surface area (Å²) in [7, 11) is -4.16. The van der Waals surface area contributed by atoms with E-state index in [1.54, 1.807) is 24.3 Å². The van der Waals surface area contributed by atoms with Crippen LogP contribution in [0.15, 0.2) is 52.4 Å². The molecule has 1 aliphatic heterocycles. The minimum Gasteiger partial charge on any atom is -0.384 e. The van der Waals surface area contributed by atoms with Gasteiger partial charge in [-0.05, 0) is 36.4 Å². The Balaban J connectivity index is 1.56. The van der Waals surface area contributed by atoms with Gasteiger partial charge in [0.05, 0.1) is 16.3 Å². The van der Waals surface area contributed by atoms with Gasteiger partial charge < -0.3 is 10.6 Å². The molecule has 0 unspecified atom stereocenters. The van der Waals surface area contributed by atoms with Crippen LogP contribution in [0.1, 0.15) is 0 Å². The third kappa shape index (κ3) is 5.54. The van der Waals surface area contributed by atoms with Crippen LogP contribution in [-0.4, -0.2) is 77.8 Å². The fourth-order valence-corrected chi connectivity index (χ4v) is 4.77. The fourth-order valence-electron chi connectivity index (χ4n) is 3.05. The number of hydrogen-bond donors (Lipinski definition) is 1. The molecule has 3 rings (SSSR count). The SMILES string of the molecule is CN(C)S(=O)(=O)c1ccc(N2CCN(CC#CS(=O)(=O)c3ccc(N)nc3)CC2)cc1. The number of piperazine rings is 1. The molecule has 0 saturated carbocycles. The quantitative estimate of drug-likeness (QED) is 0.502. The zero-order chi connectivity index (χ0) is 22.6. The van der Waals surface area contributed by atoms with E-state index in [0.717, 1.165) is 31.9 Å². The predicted molar refractivity (Wildman–Crippen MR) is 120 cm³/mol. The van der Waals surface area contributed by atoms with E-state index in [1.165, 1.54) is 36.7 Å². The summed E-state index contributed by atoms with van der Waals surface area (Å²) in [4.78, 5) is 8.30. The molecule has 0 amide bonds. The Labute approximate surface area is 183 Å². The summed E-state index contributed by atoms with van der Waals surface area (Å²) in [6, 6.07) is 9.65. The molecule has 2 heterocycles. The van der Waals surface area contributed by atoms with Gasteiger partial charge in [-0.15, -0.1) is 0 Å². The third-order valence-corrected chi connectivity index (χ3v) is 8.04. The summed E-state index contributed by atoms with van der Waals surface area (Å²) >= 11 is 0. The normalized spacial score (nSPS) is 15.5. The third-order valence-electron chi connectivity index (χ3n) is 4.93. The van der Waals surface area contributed by atoms with Crippen LogP contribution in [0.25, 0.3) is 0 Å². The lowest BCUT2D eigenvalue weighted by atomic mass is 10.2. The number of sulfonamides is 1.